The van der Waals surface area contributed by atoms with Crippen molar-refractivity contribution in [2.45, 2.75) is 16.7 Å². The van der Waals surface area contributed by atoms with Crippen LogP contribution in [0.25, 0.3) is 0 Å². The second kappa shape index (κ2) is 5.92. The largest absolute Gasteiger partial charge is 0.409 e. The fourth-order valence-electron chi connectivity index (χ4n) is 1.72. The summed E-state index contributed by atoms with van der Waals surface area (Å²) in [5, 5.41) is 11.6. The molecule has 0 unspecified atom stereocenters. The van der Waals surface area contributed by atoms with Gasteiger partial charge < -0.3 is 10.9 Å². The van der Waals surface area contributed by atoms with Gasteiger partial charge in [-0.3, -0.25) is 0 Å². The van der Waals surface area contributed by atoms with E-state index in [1.807, 2.05) is 13.0 Å². The fraction of sp³-hybridized carbons (Fsp3) is 0.0714. The molecule has 0 aromatic heterocycles. The van der Waals surface area contributed by atoms with Crippen LogP contribution in [-0.4, -0.2) is 11.0 Å². The second-order valence-corrected chi connectivity index (χ2v) is 5.29. The average Bonchev–Trinajstić information content (AvgIpc) is 2.42. The lowest BCUT2D eigenvalue weighted by Crippen LogP contribution is -2.14. The minimum absolute atomic E-state index is 0.0341. The van der Waals surface area contributed by atoms with Crippen LogP contribution in [0.5, 0.6) is 0 Å². The molecule has 20 heavy (non-hydrogen) atoms. The van der Waals surface area contributed by atoms with Crippen LogP contribution in [0.1, 0.15) is 11.1 Å². The molecule has 0 bridgehead atoms. The van der Waals surface area contributed by atoms with E-state index in [1.165, 1.54) is 17.8 Å². The Hall–Kier alpha value is -2.08. The molecule has 0 spiro atoms. The number of oxime groups is 1. The maximum atomic E-state index is 13.1. The van der Waals surface area contributed by atoms with Gasteiger partial charge in [0.25, 0.3) is 0 Å². The van der Waals surface area contributed by atoms with Crippen LogP contribution in [0, 0.1) is 18.6 Å². The zero-order chi connectivity index (χ0) is 14.7. The normalized spacial score (nSPS) is 11.7. The van der Waals surface area contributed by atoms with Crippen molar-refractivity contribution in [3.63, 3.8) is 0 Å². The predicted molar refractivity (Wildman–Crippen MR) is 74.2 cm³/mol. The maximum absolute atomic E-state index is 13.1. The molecule has 0 aliphatic rings. The first kappa shape index (κ1) is 14.3. The van der Waals surface area contributed by atoms with Crippen LogP contribution in [-0.2, 0) is 0 Å². The highest BCUT2D eigenvalue weighted by atomic mass is 32.2. The van der Waals surface area contributed by atoms with Crippen LogP contribution in [0.2, 0.25) is 0 Å². The van der Waals surface area contributed by atoms with Gasteiger partial charge in [0, 0.05) is 15.4 Å². The molecule has 3 nitrogen and oxygen atoms in total. The summed E-state index contributed by atoms with van der Waals surface area (Å²) in [5.74, 6) is -1.71. The van der Waals surface area contributed by atoms with Gasteiger partial charge in [-0.1, -0.05) is 16.9 Å². The van der Waals surface area contributed by atoms with Crippen molar-refractivity contribution in [2.24, 2.45) is 10.9 Å². The lowest BCUT2D eigenvalue weighted by molar-refractivity contribution is 0.318. The minimum atomic E-state index is -0.875. The third-order valence-corrected chi connectivity index (χ3v) is 3.69. The molecule has 2 aromatic carbocycles. The third-order valence-electron chi connectivity index (χ3n) is 2.71. The van der Waals surface area contributed by atoms with Gasteiger partial charge >= 0.3 is 0 Å². The Labute approximate surface area is 119 Å². The van der Waals surface area contributed by atoms with Crippen molar-refractivity contribution < 1.29 is 14.0 Å². The first-order valence-electron chi connectivity index (χ1n) is 5.72. The van der Waals surface area contributed by atoms with E-state index in [0.29, 0.717) is 10.5 Å². The Morgan fingerprint density at radius 3 is 2.35 bits per heavy atom. The number of benzene rings is 2. The number of rotatable bonds is 3. The lowest BCUT2D eigenvalue weighted by atomic mass is 10.1. The summed E-state index contributed by atoms with van der Waals surface area (Å²) in [6.07, 6.45) is 0. The zero-order valence-corrected chi connectivity index (χ0v) is 11.4. The maximum Gasteiger partial charge on any atom is 0.170 e. The fourth-order valence-corrected chi connectivity index (χ4v) is 2.66. The molecule has 2 aromatic rings. The summed E-state index contributed by atoms with van der Waals surface area (Å²) in [4.78, 5) is 1.45. The Morgan fingerprint density at radius 2 is 1.75 bits per heavy atom. The summed E-state index contributed by atoms with van der Waals surface area (Å²) in [6, 6.07) is 9.07. The first-order chi connectivity index (χ1) is 9.51. The smallest absolute Gasteiger partial charge is 0.170 e. The highest BCUT2D eigenvalue weighted by molar-refractivity contribution is 7.99. The molecule has 3 N–H and O–H groups in total. The number of hydrogen-bond donors (Lipinski definition) is 2. The first-order valence-corrected chi connectivity index (χ1v) is 6.54. The minimum Gasteiger partial charge on any atom is -0.409 e. The summed E-state index contributed by atoms with van der Waals surface area (Å²) in [5.41, 5.74) is 6.99. The van der Waals surface area contributed by atoms with E-state index in [9.17, 15) is 8.78 Å². The van der Waals surface area contributed by atoms with Crippen molar-refractivity contribution in [1.29, 1.82) is 0 Å². The monoisotopic (exact) mass is 294 g/mol. The summed E-state index contributed by atoms with van der Waals surface area (Å²) < 4.78 is 26.0. The molecular weight excluding hydrogens is 282 g/mol. The molecule has 6 heteroatoms. The van der Waals surface area contributed by atoms with Gasteiger partial charge in [0.05, 0.1) is 0 Å². The van der Waals surface area contributed by atoms with Crippen LogP contribution in [0.3, 0.4) is 0 Å². The van der Waals surface area contributed by atoms with Crippen molar-refractivity contribution in [2.75, 3.05) is 0 Å². The Morgan fingerprint density at radius 1 is 1.10 bits per heavy atom. The number of aryl methyl sites for hydroxylation is 1. The van der Waals surface area contributed by atoms with Crippen LogP contribution >= 0.6 is 11.8 Å². The Bertz CT molecular complexity index is 674. The molecule has 0 fully saturated rings. The quantitative estimate of drug-likeness (QED) is 0.394. The Kier molecular flexibility index (Phi) is 4.24. The summed E-state index contributed by atoms with van der Waals surface area (Å²) >= 11 is 1.30. The molecule has 0 heterocycles. The number of nitrogens with zero attached hydrogens (tertiary/aromatic N) is 1. The molecule has 0 atom stereocenters. The highest BCUT2D eigenvalue weighted by Crippen LogP contribution is 2.30. The number of amidine groups is 1. The van der Waals surface area contributed by atoms with Crippen LogP contribution in [0.4, 0.5) is 8.78 Å². The predicted octanol–water partition coefficient (Wildman–Crippen LogP) is 3.52. The van der Waals surface area contributed by atoms with E-state index in [1.54, 1.807) is 12.1 Å². The molecule has 104 valence electrons. The number of nitrogens with two attached hydrogens (primary N) is 1. The Balaban J connectivity index is 2.26. The topological polar surface area (TPSA) is 58.6 Å². The lowest BCUT2D eigenvalue weighted by Gasteiger charge is -2.07. The van der Waals surface area contributed by atoms with Gasteiger partial charge in [0.2, 0.25) is 0 Å². The van der Waals surface area contributed by atoms with Gasteiger partial charge in [-0.05, 0) is 48.9 Å². The second-order valence-electron chi connectivity index (χ2n) is 4.14. The molecule has 0 amide bonds. The highest BCUT2D eigenvalue weighted by Gasteiger charge is 2.07. The SMILES string of the molecule is Cc1cc(Sc2ccc(F)c(F)c2)ccc1/C(N)=N/O. The van der Waals surface area contributed by atoms with E-state index in [-0.39, 0.29) is 5.84 Å². The van der Waals surface area contributed by atoms with Gasteiger partial charge in [-0.25, -0.2) is 8.78 Å². The van der Waals surface area contributed by atoms with Crippen LogP contribution in [0.15, 0.2) is 51.3 Å². The molecule has 0 saturated carbocycles. The van der Waals surface area contributed by atoms with Crippen molar-refractivity contribution in [3.05, 3.63) is 59.2 Å². The molecule has 0 aliphatic heterocycles. The standard InChI is InChI=1S/C14H12F2N2OS/c1-8-6-9(2-4-11(8)14(17)18-19)20-10-3-5-12(15)13(16)7-10/h2-7,19H,1H3,(H2,17,18). The van der Waals surface area contributed by atoms with Crippen LogP contribution < -0.4 is 5.73 Å². The van der Waals surface area contributed by atoms with E-state index >= 15 is 0 Å². The molecule has 0 aliphatic carbocycles. The molecule has 0 radical (unpaired) electrons. The molecule has 2 rings (SSSR count). The number of halogens is 2. The van der Waals surface area contributed by atoms with Gasteiger partial charge in [-0.15, -0.1) is 0 Å². The van der Waals surface area contributed by atoms with E-state index < -0.39 is 11.6 Å². The van der Waals surface area contributed by atoms with Gasteiger partial charge in [-0.2, -0.15) is 0 Å². The average molecular weight is 294 g/mol. The molecule has 0 saturated heterocycles. The van der Waals surface area contributed by atoms with Crippen molar-refractivity contribution in [3.8, 4) is 0 Å². The van der Waals surface area contributed by atoms with Gasteiger partial charge in [0.15, 0.2) is 17.5 Å². The summed E-state index contributed by atoms with van der Waals surface area (Å²) in [6.45, 7) is 1.82. The van der Waals surface area contributed by atoms with E-state index in [2.05, 4.69) is 5.16 Å². The van der Waals surface area contributed by atoms with Crippen molar-refractivity contribution in [1.82, 2.24) is 0 Å². The summed E-state index contributed by atoms with van der Waals surface area (Å²) in [7, 11) is 0. The third kappa shape index (κ3) is 3.08. The van der Waals surface area contributed by atoms with Crippen molar-refractivity contribution >= 4 is 17.6 Å². The van der Waals surface area contributed by atoms with E-state index in [0.717, 1.165) is 22.6 Å². The van der Waals surface area contributed by atoms with Gasteiger partial charge in [0.1, 0.15) is 0 Å². The zero-order valence-electron chi connectivity index (χ0n) is 10.6. The molecular formula is C14H12F2N2OS. The van der Waals surface area contributed by atoms with E-state index in [4.69, 9.17) is 10.9 Å². The number of hydrogen-bond acceptors (Lipinski definition) is 3.